The van der Waals surface area contributed by atoms with Gasteiger partial charge in [0.25, 0.3) is 0 Å². The zero-order valence-corrected chi connectivity index (χ0v) is 9.83. The fraction of sp³-hybridized carbons (Fsp3) is 0.778. The largest absolute Gasteiger partial charge is 0.343 e. The minimum Gasteiger partial charge on any atom is -0.343 e. The van der Waals surface area contributed by atoms with Gasteiger partial charge in [-0.1, -0.05) is 18.1 Å². The van der Waals surface area contributed by atoms with Crippen LogP contribution in [-0.4, -0.2) is 32.3 Å². The third kappa shape index (κ3) is 2.18. The highest BCUT2D eigenvalue weighted by atomic mass is 32.1. The molecule has 1 aliphatic rings. The Morgan fingerprint density at radius 1 is 1.50 bits per heavy atom. The van der Waals surface area contributed by atoms with Crippen molar-refractivity contribution in [1.29, 1.82) is 0 Å². The Hall–Kier alpha value is -1.11. The van der Waals surface area contributed by atoms with Crippen LogP contribution in [0.3, 0.4) is 0 Å². The van der Waals surface area contributed by atoms with E-state index in [1.807, 2.05) is 0 Å². The predicted octanol–water partition coefficient (Wildman–Crippen LogP) is 0.405. The number of nitrogens with zero attached hydrogens (tertiary/aromatic N) is 3. The highest BCUT2D eigenvalue weighted by Crippen LogP contribution is 2.36. The van der Waals surface area contributed by atoms with Gasteiger partial charge in [-0.2, -0.15) is 17.8 Å². The first kappa shape index (κ1) is 11.4. The Morgan fingerprint density at radius 2 is 2.25 bits per heavy atom. The summed E-state index contributed by atoms with van der Waals surface area (Å²) in [6.07, 6.45) is 4.34. The molecular weight excluding hydrogens is 226 g/mol. The van der Waals surface area contributed by atoms with E-state index in [9.17, 15) is 4.79 Å². The van der Waals surface area contributed by atoms with Crippen molar-refractivity contribution >= 4 is 18.5 Å². The summed E-state index contributed by atoms with van der Waals surface area (Å²) in [5, 5.41) is 17.0. The minimum absolute atomic E-state index is 0.00157. The molecule has 0 aliphatic heterocycles. The number of aromatic amines is 1. The maximum Gasteiger partial charge on any atom is 0.221 e. The number of carbonyl (C=O) groups is 1. The molecule has 2 rings (SSSR count). The van der Waals surface area contributed by atoms with Crippen LogP contribution in [0, 0.1) is 0 Å². The van der Waals surface area contributed by atoms with Crippen molar-refractivity contribution in [2.24, 2.45) is 0 Å². The lowest BCUT2D eigenvalue weighted by molar-refractivity contribution is -0.122. The van der Waals surface area contributed by atoms with Crippen molar-refractivity contribution in [2.75, 3.05) is 5.75 Å². The highest BCUT2D eigenvalue weighted by molar-refractivity contribution is 7.80. The quantitative estimate of drug-likeness (QED) is 0.666. The molecule has 16 heavy (non-hydrogen) atoms. The number of aromatic nitrogens is 4. The highest BCUT2D eigenvalue weighted by Gasteiger charge is 2.40. The number of thiol groups is 1. The van der Waals surface area contributed by atoms with E-state index in [2.05, 4.69) is 38.6 Å². The normalized spacial score (nSPS) is 18.6. The average molecular weight is 241 g/mol. The molecule has 6 nitrogen and oxygen atoms in total. The summed E-state index contributed by atoms with van der Waals surface area (Å²) in [5.74, 6) is 1.15. The lowest BCUT2D eigenvalue weighted by Gasteiger charge is -2.26. The Balaban J connectivity index is 2.13. The van der Waals surface area contributed by atoms with Crippen LogP contribution in [-0.2, 0) is 10.3 Å². The van der Waals surface area contributed by atoms with Gasteiger partial charge in [0.1, 0.15) is 5.54 Å². The lowest BCUT2D eigenvalue weighted by Crippen LogP contribution is -2.44. The number of nitrogens with one attached hydrogen (secondary N) is 2. The predicted molar refractivity (Wildman–Crippen MR) is 60.9 cm³/mol. The molecule has 0 unspecified atom stereocenters. The molecule has 88 valence electrons. The second kappa shape index (κ2) is 4.82. The van der Waals surface area contributed by atoms with Gasteiger partial charge in [-0.05, 0) is 18.6 Å². The van der Waals surface area contributed by atoms with Gasteiger partial charge in [0.15, 0.2) is 5.82 Å². The van der Waals surface area contributed by atoms with E-state index in [0.29, 0.717) is 18.0 Å². The van der Waals surface area contributed by atoms with Gasteiger partial charge >= 0.3 is 0 Å². The third-order valence-corrected chi connectivity index (χ3v) is 3.17. The number of H-pyrrole nitrogens is 1. The summed E-state index contributed by atoms with van der Waals surface area (Å²) < 4.78 is 0. The summed E-state index contributed by atoms with van der Waals surface area (Å²) in [7, 11) is 0. The van der Waals surface area contributed by atoms with Crippen LogP contribution in [0.5, 0.6) is 0 Å². The van der Waals surface area contributed by atoms with Crippen LogP contribution < -0.4 is 5.32 Å². The molecule has 1 amide bonds. The standard InChI is InChI=1S/C9H15N5OS/c15-7(3-6-16)10-9(4-1-2-5-9)8-11-13-14-12-8/h16H,1-6H2,(H,10,15)(H,11,12,13,14). The molecule has 0 saturated heterocycles. The molecule has 2 N–H and O–H groups in total. The molecule has 0 spiro atoms. The second-order valence-corrected chi connectivity index (χ2v) is 4.49. The number of hydrogen-bond acceptors (Lipinski definition) is 5. The number of rotatable bonds is 4. The first-order chi connectivity index (χ1) is 7.77. The van der Waals surface area contributed by atoms with Crippen LogP contribution in [0.25, 0.3) is 0 Å². The molecule has 0 aromatic carbocycles. The van der Waals surface area contributed by atoms with E-state index in [1.165, 1.54) is 0 Å². The molecule has 0 bridgehead atoms. The Kier molecular flexibility index (Phi) is 3.42. The molecule has 1 saturated carbocycles. The molecule has 1 aromatic heterocycles. The maximum absolute atomic E-state index is 11.7. The van der Waals surface area contributed by atoms with Crippen molar-refractivity contribution in [3.8, 4) is 0 Å². The first-order valence-electron chi connectivity index (χ1n) is 5.43. The Bertz CT molecular complexity index is 347. The molecule has 0 atom stereocenters. The van der Waals surface area contributed by atoms with E-state index < -0.39 is 5.54 Å². The summed E-state index contributed by atoms with van der Waals surface area (Å²) in [5.41, 5.74) is -0.410. The number of tetrazole rings is 1. The maximum atomic E-state index is 11.7. The molecule has 7 heteroatoms. The van der Waals surface area contributed by atoms with Gasteiger partial charge in [-0.3, -0.25) is 4.79 Å². The van der Waals surface area contributed by atoms with Crippen LogP contribution in [0.2, 0.25) is 0 Å². The zero-order valence-electron chi connectivity index (χ0n) is 8.94. The zero-order chi connectivity index (χ0) is 11.4. The third-order valence-electron chi connectivity index (χ3n) is 2.95. The van der Waals surface area contributed by atoms with Crippen molar-refractivity contribution in [3.63, 3.8) is 0 Å². The molecular formula is C9H15N5OS. The van der Waals surface area contributed by atoms with E-state index in [0.717, 1.165) is 25.7 Å². The summed E-state index contributed by atoms with van der Waals surface area (Å²) >= 11 is 4.05. The summed E-state index contributed by atoms with van der Waals surface area (Å²) in [6.45, 7) is 0. The van der Waals surface area contributed by atoms with Crippen LogP contribution in [0.4, 0.5) is 0 Å². The number of carbonyl (C=O) groups excluding carboxylic acids is 1. The SMILES string of the molecule is O=C(CCS)NC1(c2nn[nH]n2)CCCC1. The lowest BCUT2D eigenvalue weighted by atomic mass is 9.96. The Morgan fingerprint density at radius 3 is 2.81 bits per heavy atom. The number of hydrogen-bond donors (Lipinski definition) is 3. The van der Waals surface area contributed by atoms with Gasteiger partial charge < -0.3 is 5.32 Å². The fourth-order valence-electron chi connectivity index (χ4n) is 2.18. The van der Waals surface area contributed by atoms with Gasteiger partial charge in [0.2, 0.25) is 5.91 Å². The van der Waals surface area contributed by atoms with E-state index >= 15 is 0 Å². The van der Waals surface area contributed by atoms with Crippen LogP contribution in [0.15, 0.2) is 0 Å². The summed E-state index contributed by atoms with van der Waals surface area (Å²) in [4.78, 5) is 11.7. The summed E-state index contributed by atoms with van der Waals surface area (Å²) in [6, 6.07) is 0. The van der Waals surface area contributed by atoms with E-state index in [4.69, 9.17) is 0 Å². The topological polar surface area (TPSA) is 83.6 Å². The molecule has 1 heterocycles. The monoisotopic (exact) mass is 241 g/mol. The van der Waals surface area contributed by atoms with E-state index in [1.54, 1.807) is 0 Å². The molecule has 1 aliphatic carbocycles. The van der Waals surface area contributed by atoms with Crippen LogP contribution >= 0.6 is 12.6 Å². The second-order valence-electron chi connectivity index (χ2n) is 4.05. The molecule has 1 fully saturated rings. The van der Waals surface area contributed by atoms with Crippen molar-refractivity contribution in [2.45, 2.75) is 37.6 Å². The van der Waals surface area contributed by atoms with Gasteiger partial charge in [-0.25, -0.2) is 0 Å². The average Bonchev–Trinajstić information content (AvgIpc) is 2.86. The fourth-order valence-corrected chi connectivity index (χ4v) is 2.38. The van der Waals surface area contributed by atoms with Gasteiger partial charge in [0.05, 0.1) is 0 Å². The van der Waals surface area contributed by atoms with Crippen molar-refractivity contribution in [1.82, 2.24) is 25.9 Å². The molecule has 1 aromatic rings. The number of amides is 1. The van der Waals surface area contributed by atoms with Gasteiger partial charge in [0, 0.05) is 6.42 Å². The van der Waals surface area contributed by atoms with Gasteiger partial charge in [-0.15, -0.1) is 10.2 Å². The van der Waals surface area contributed by atoms with Crippen molar-refractivity contribution < 1.29 is 4.79 Å². The smallest absolute Gasteiger partial charge is 0.221 e. The molecule has 0 radical (unpaired) electrons. The van der Waals surface area contributed by atoms with E-state index in [-0.39, 0.29) is 5.91 Å². The minimum atomic E-state index is -0.410. The Labute approximate surface area is 99.0 Å². The van der Waals surface area contributed by atoms with Crippen LogP contribution in [0.1, 0.15) is 37.9 Å². The first-order valence-corrected chi connectivity index (χ1v) is 6.06. The van der Waals surface area contributed by atoms with Crippen molar-refractivity contribution in [3.05, 3.63) is 5.82 Å².